The molecule has 0 saturated carbocycles. The molecular formula is C17H10ClF2N3O. The average Bonchev–Trinajstić information content (AvgIpc) is 3.00. The molecule has 3 heterocycles. The lowest BCUT2D eigenvalue weighted by molar-refractivity contribution is 0.0938. The van der Waals surface area contributed by atoms with Crippen LogP contribution in [0.3, 0.4) is 0 Å². The first-order valence-electron chi connectivity index (χ1n) is 7.50. The van der Waals surface area contributed by atoms with Crippen LogP contribution in [0.15, 0.2) is 30.3 Å². The van der Waals surface area contributed by atoms with Crippen molar-refractivity contribution in [1.82, 2.24) is 14.9 Å². The summed E-state index contributed by atoms with van der Waals surface area (Å²) in [5, 5.41) is 3.37. The van der Waals surface area contributed by atoms with Crippen LogP contribution in [0.5, 0.6) is 0 Å². The molecule has 1 aromatic heterocycles. The van der Waals surface area contributed by atoms with Crippen LogP contribution in [-0.4, -0.2) is 15.5 Å². The Morgan fingerprint density at radius 3 is 2.92 bits per heavy atom. The third-order valence-electron chi connectivity index (χ3n) is 4.74. The van der Waals surface area contributed by atoms with E-state index in [1.54, 1.807) is 18.2 Å². The van der Waals surface area contributed by atoms with Crippen molar-refractivity contribution < 1.29 is 13.6 Å². The van der Waals surface area contributed by atoms with Gasteiger partial charge >= 0.3 is 0 Å². The highest BCUT2D eigenvalue weighted by Crippen LogP contribution is 2.45. The minimum atomic E-state index is -0.766. The van der Waals surface area contributed by atoms with E-state index in [2.05, 4.69) is 10.3 Å². The molecule has 24 heavy (non-hydrogen) atoms. The smallest absolute Gasteiger partial charge is 0.252 e. The fourth-order valence-corrected chi connectivity index (χ4v) is 3.98. The molecule has 7 heteroatoms. The predicted octanol–water partition coefficient (Wildman–Crippen LogP) is 3.75. The van der Waals surface area contributed by atoms with Gasteiger partial charge in [-0.15, -0.1) is 0 Å². The lowest BCUT2D eigenvalue weighted by Crippen LogP contribution is -2.28. The van der Waals surface area contributed by atoms with Gasteiger partial charge in [-0.2, -0.15) is 0 Å². The molecule has 2 bridgehead atoms. The number of nitrogens with one attached hydrogen (secondary N) is 1. The lowest BCUT2D eigenvalue weighted by Gasteiger charge is -2.18. The second kappa shape index (κ2) is 4.54. The number of aromatic nitrogens is 2. The van der Waals surface area contributed by atoms with Gasteiger partial charge in [0.25, 0.3) is 5.91 Å². The number of benzene rings is 2. The van der Waals surface area contributed by atoms with Gasteiger partial charge in [0, 0.05) is 16.7 Å². The number of amides is 1. The molecule has 2 aliphatic heterocycles. The summed E-state index contributed by atoms with van der Waals surface area (Å²) >= 11 is 6.09. The van der Waals surface area contributed by atoms with E-state index in [0.717, 1.165) is 23.2 Å². The van der Waals surface area contributed by atoms with Gasteiger partial charge in [0.05, 0.1) is 28.7 Å². The molecular weight excluding hydrogens is 336 g/mol. The molecule has 5 rings (SSSR count). The standard InChI is InChI=1S/C17H10ClF2N3O/c18-7-1-2-11-13(3-7)23-14-6-12(16(23)21-11)22-17(24)9-4-8(19)5-10(20)15(9)14/h1-5,12,14H,6H2,(H,22,24)/t12-,14-/m1/s1. The summed E-state index contributed by atoms with van der Waals surface area (Å²) in [6.07, 6.45) is 0.478. The first-order chi connectivity index (χ1) is 11.5. The summed E-state index contributed by atoms with van der Waals surface area (Å²) < 4.78 is 30.0. The van der Waals surface area contributed by atoms with Gasteiger partial charge in [-0.3, -0.25) is 4.79 Å². The van der Waals surface area contributed by atoms with E-state index >= 15 is 0 Å². The Labute approximate surface area is 140 Å². The summed E-state index contributed by atoms with van der Waals surface area (Å²) in [6, 6.07) is 6.42. The summed E-state index contributed by atoms with van der Waals surface area (Å²) in [7, 11) is 0. The van der Waals surface area contributed by atoms with E-state index in [1.165, 1.54) is 0 Å². The Balaban J connectivity index is 1.85. The molecule has 2 atom stereocenters. The summed E-state index contributed by atoms with van der Waals surface area (Å²) in [4.78, 5) is 16.9. The zero-order valence-corrected chi connectivity index (χ0v) is 12.9. The van der Waals surface area contributed by atoms with E-state index in [9.17, 15) is 13.6 Å². The number of fused-ring (bicyclic) bond motifs is 9. The molecule has 2 aliphatic rings. The maximum absolute atomic E-state index is 14.5. The van der Waals surface area contributed by atoms with E-state index < -0.39 is 23.6 Å². The van der Waals surface area contributed by atoms with Crippen LogP contribution in [0.1, 0.15) is 40.3 Å². The van der Waals surface area contributed by atoms with Gasteiger partial charge in [0.1, 0.15) is 17.5 Å². The Kier molecular flexibility index (Phi) is 2.63. The monoisotopic (exact) mass is 345 g/mol. The van der Waals surface area contributed by atoms with Gasteiger partial charge in [0.2, 0.25) is 0 Å². The molecule has 1 amide bonds. The maximum atomic E-state index is 14.5. The molecule has 1 N–H and O–H groups in total. The molecule has 3 aromatic rings. The number of imidazole rings is 1. The maximum Gasteiger partial charge on any atom is 0.252 e. The highest BCUT2D eigenvalue weighted by atomic mass is 35.5. The van der Waals surface area contributed by atoms with Crippen molar-refractivity contribution in [3.05, 3.63) is 63.9 Å². The largest absolute Gasteiger partial charge is 0.342 e. The van der Waals surface area contributed by atoms with E-state index in [1.807, 2.05) is 4.57 Å². The number of rotatable bonds is 0. The second-order valence-corrected chi connectivity index (χ2v) is 6.54. The van der Waals surface area contributed by atoms with Crippen molar-refractivity contribution in [2.24, 2.45) is 0 Å². The molecule has 0 radical (unpaired) electrons. The minimum absolute atomic E-state index is 0.0366. The van der Waals surface area contributed by atoms with Crippen LogP contribution in [0, 0.1) is 11.6 Å². The van der Waals surface area contributed by atoms with Gasteiger partial charge in [-0.25, -0.2) is 13.8 Å². The molecule has 0 spiro atoms. The predicted molar refractivity (Wildman–Crippen MR) is 84.1 cm³/mol. The number of carbonyl (C=O) groups excluding carboxylic acids is 1. The van der Waals surface area contributed by atoms with Crippen LogP contribution >= 0.6 is 11.6 Å². The van der Waals surface area contributed by atoms with Crippen molar-refractivity contribution in [1.29, 1.82) is 0 Å². The highest BCUT2D eigenvalue weighted by molar-refractivity contribution is 6.31. The molecule has 0 aliphatic carbocycles. The van der Waals surface area contributed by atoms with Crippen LogP contribution in [0.2, 0.25) is 5.02 Å². The fraction of sp³-hybridized carbons (Fsp3) is 0.176. The number of hydrogen-bond donors (Lipinski definition) is 1. The number of nitrogens with zero attached hydrogens (tertiary/aromatic N) is 2. The third-order valence-corrected chi connectivity index (χ3v) is 4.97. The normalized spacial score (nSPS) is 21.4. The Hall–Kier alpha value is -2.47. The Morgan fingerprint density at radius 1 is 1.25 bits per heavy atom. The van der Waals surface area contributed by atoms with Crippen LogP contribution in [0.25, 0.3) is 11.0 Å². The first-order valence-corrected chi connectivity index (χ1v) is 7.88. The quantitative estimate of drug-likeness (QED) is 0.674. The van der Waals surface area contributed by atoms with Gasteiger partial charge < -0.3 is 9.88 Å². The Morgan fingerprint density at radius 2 is 2.08 bits per heavy atom. The first kappa shape index (κ1) is 13.9. The zero-order valence-electron chi connectivity index (χ0n) is 12.2. The van der Waals surface area contributed by atoms with E-state index in [4.69, 9.17) is 11.6 Å². The third kappa shape index (κ3) is 1.72. The topological polar surface area (TPSA) is 46.9 Å². The number of halogens is 3. The minimum Gasteiger partial charge on any atom is -0.342 e. The molecule has 120 valence electrons. The van der Waals surface area contributed by atoms with E-state index in [-0.39, 0.29) is 17.2 Å². The number of hydrogen-bond acceptors (Lipinski definition) is 2. The van der Waals surface area contributed by atoms with Crippen molar-refractivity contribution in [3.8, 4) is 0 Å². The Bertz CT molecular complexity index is 1050. The highest BCUT2D eigenvalue weighted by Gasteiger charge is 2.42. The summed E-state index contributed by atoms with van der Waals surface area (Å²) in [6.45, 7) is 0. The summed E-state index contributed by atoms with van der Waals surface area (Å²) in [5.74, 6) is -1.30. The lowest BCUT2D eigenvalue weighted by atomic mass is 9.98. The number of carbonyl (C=O) groups is 1. The second-order valence-electron chi connectivity index (χ2n) is 6.10. The van der Waals surface area contributed by atoms with Gasteiger partial charge in [-0.05, 0) is 30.7 Å². The van der Waals surface area contributed by atoms with Crippen molar-refractivity contribution in [2.75, 3.05) is 0 Å². The summed E-state index contributed by atoms with van der Waals surface area (Å²) in [5.41, 5.74) is 1.74. The molecule has 2 aromatic carbocycles. The van der Waals surface area contributed by atoms with Gasteiger partial charge in [-0.1, -0.05) is 11.6 Å². The molecule has 0 fully saturated rings. The van der Waals surface area contributed by atoms with Crippen molar-refractivity contribution in [2.45, 2.75) is 18.5 Å². The van der Waals surface area contributed by atoms with Crippen LogP contribution in [-0.2, 0) is 0 Å². The molecule has 4 nitrogen and oxygen atoms in total. The van der Waals surface area contributed by atoms with Crippen molar-refractivity contribution >= 4 is 28.5 Å². The van der Waals surface area contributed by atoms with Crippen molar-refractivity contribution in [3.63, 3.8) is 0 Å². The van der Waals surface area contributed by atoms with Crippen LogP contribution < -0.4 is 5.32 Å². The SMILES string of the molecule is O=C1N[C@@H]2C[C@H](c3c(F)cc(F)cc31)n1c2nc2ccc(Cl)cc21. The zero-order chi connectivity index (χ0) is 16.6. The fourth-order valence-electron chi connectivity index (χ4n) is 3.81. The van der Waals surface area contributed by atoms with Gasteiger partial charge in [0.15, 0.2) is 0 Å². The molecule has 0 unspecified atom stereocenters. The van der Waals surface area contributed by atoms with Crippen LogP contribution in [0.4, 0.5) is 8.78 Å². The van der Waals surface area contributed by atoms with E-state index in [0.29, 0.717) is 17.3 Å². The molecule has 0 saturated heterocycles. The average molecular weight is 346 g/mol.